The first-order valence-electron chi connectivity index (χ1n) is 14.5. The Hall–Kier alpha value is -5.18. The maximum Gasteiger partial charge on any atom is 0.417 e. The number of hydrogen-bond acceptors (Lipinski definition) is 9. The lowest BCUT2D eigenvalue weighted by molar-refractivity contribution is -0.137. The fourth-order valence-corrected chi connectivity index (χ4v) is 6.27. The van der Waals surface area contributed by atoms with Crippen LogP contribution >= 0.6 is 0 Å². The molecule has 0 aliphatic carbocycles. The van der Waals surface area contributed by atoms with E-state index in [0.717, 1.165) is 25.1 Å². The van der Waals surface area contributed by atoms with E-state index in [-0.39, 0.29) is 30.7 Å². The Kier molecular flexibility index (Phi) is 11.2. The van der Waals surface area contributed by atoms with E-state index in [0.29, 0.717) is 28.1 Å². The second-order valence-corrected chi connectivity index (χ2v) is 13.3. The monoisotopic (exact) mass is 703 g/mol. The Morgan fingerprint density at radius 2 is 1.78 bits per heavy atom. The third-order valence-corrected chi connectivity index (χ3v) is 8.98. The van der Waals surface area contributed by atoms with E-state index in [1.807, 2.05) is 5.32 Å². The number of fused-ring (bicyclic) bond motifs is 1. The smallest absolute Gasteiger partial charge is 0.379 e. The Morgan fingerprint density at radius 1 is 1.06 bits per heavy atom. The molecule has 0 unspecified atom stereocenters. The molecule has 0 saturated heterocycles. The van der Waals surface area contributed by atoms with Crippen LogP contribution in [0.3, 0.4) is 0 Å². The number of rotatable bonds is 13. The lowest BCUT2D eigenvalue weighted by Gasteiger charge is -2.22. The number of ether oxygens (including phenoxy) is 1. The van der Waals surface area contributed by atoms with E-state index < -0.39 is 74.2 Å². The fraction of sp³-hybridized carbons (Fsp3) is 0.281. The van der Waals surface area contributed by atoms with Crippen molar-refractivity contribution in [3.05, 3.63) is 105 Å². The van der Waals surface area contributed by atoms with Gasteiger partial charge in [-0.2, -0.15) is 23.5 Å². The molecule has 12 nitrogen and oxygen atoms in total. The molecule has 0 saturated carbocycles. The number of benzene rings is 3. The summed E-state index contributed by atoms with van der Waals surface area (Å²) in [6.07, 6.45) is -4.71. The zero-order valence-electron chi connectivity index (χ0n) is 25.7. The van der Waals surface area contributed by atoms with Gasteiger partial charge < -0.3 is 20.5 Å². The number of amides is 2. The van der Waals surface area contributed by atoms with Gasteiger partial charge in [0.1, 0.15) is 5.82 Å². The van der Waals surface area contributed by atoms with Crippen LogP contribution in [0.5, 0.6) is 0 Å². The summed E-state index contributed by atoms with van der Waals surface area (Å²) in [5.74, 6) is -4.58. The minimum absolute atomic E-state index is 0.126. The predicted molar refractivity (Wildman–Crippen MR) is 169 cm³/mol. The van der Waals surface area contributed by atoms with Crippen molar-refractivity contribution in [1.29, 1.82) is 5.26 Å². The van der Waals surface area contributed by atoms with Crippen molar-refractivity contribution < 1.29 is 45.4 Å². The standard InChI is InChI=1S/C32H29F4N5O7S/c1-31(45,30(44)39-21-8-7-20(17-37)25(16-21)32(34,35)36)18-49(46,47)13-12-48-11-10-38-28(42)24-14-19(6-9-26(24)33)15-27-22-4-2-3-5-23(22)29(43)41-40-27/h2-9,14,16,45H,10-13,15,18H2,1H3,(H,38,42)(H,39,44)(H,41,43)/t31-/m0/s1. The van der Waals surface area contributed by atoms with Gasteiger partial charge in [0.2, 0.25) is 0 Å². The number of hydrogen-bond donors (Lipinski definition) is 4. The number of alkyl halides is 3. The highest BCUT2D eigenvalue weighted by Gasteiger charge is 2.37. The van der Waals surface area contributed by atoms with Crippen LogP contribution in [0.4, 0.5) is 23.2 Å². The van der Waals surface area contributed by atoms with Crippen molar-refractivity contribution in [2.24, 2.45) is 0 Å². The highest BCUT2D eigenvalue weighted by molar-refractivity contribution is 7.91. The summed E-state index contributed by atoms with van der Waals surface area (Å²) in [6, 6.07) is 14.5. The summed E-state index contributed by atoms with van der Waals surface area (Å²) >= 11 is 0. The van der Waals surface area contributed by atoms with Crippen LogP contribution in [0.1, 0.15) is 39.7 Å². The van der Waals surface area contributed by atoms with Crippen molar-refractivity contribution >= 4 is 38.1 Å². The molecule has 49 heavy (non-hydrogen) atoms. The van der Waals surface area contributed by atoms with E-state index >= 15 is 0 Å². The highest BCUT2D eigenvalue weighted by atomic mass is 32.2. The molecule has 3 aromatic carbocycles. The normalized spacial score (nSPS) is 13.0. The summed E-state index contributed by atoms with van der Waals surface area (Å²) in [5, 5.41) is 31.4. The number of carbonyl (C=O) groups is 2. The van der Waals surface area contributed by atoms with Crippen LogP contribution in [0, 0.1) is 17.1 Å². The molecule has 1 heterocycles. The molecule has 0 aliphatic heterocycles. The predicted octanol–water partition coefficient (Wildman–Crippen LogP) is 3.09. The van der Waals surface area contributed by atoms with Gasteiger partial charge in [0.05, 0.1) is 58.6 Å². The first-order valence-corrected chi connectivity index (χ1v) is 16.3. The maximum atomic E-state index is 14.5. The number of aromatic nitrogens is 2. The number of halogens is 4. The number of sulfone groups is 1. The van der Waals surface area contributed by atoms with Gasteiger partial charge >= 0.3 is 6.18 Å². The second kappa shape index (κ2) is 14.9. The SMILES string of the molecule is C[C@](O)(CS(=O)(=O)CCOCCNC(=O)c1cc(Cc2n[nH]c(=O)c3ccccc23)ccc1F)C(=O)Nc1ccc(C#N)c(C(F)(F)F)c1. The lowest BCUT2D eigenvalue weighted by atomic mass is 10.0. The number of anilines is 1. The third kappa shape index (κ3) is 9.47. The van der Waals surface area contributed by atoms with Crippen LogP contribution in [0.25, 0.3) is 10.8 Å². The van der Waals surface area contributed by atoms with Crippen LogP contribution in [0.2, 0.25) is 0 Å². The highest BCUT2D eigenvalue weighted by Crippen LogP contribution is 2.33. The lowest BCUT2D eigenvalue weighted by Crippen LogP contribution is -2.46. The molecule has 0 spiro atoms. The van der Waals surface area contributed by atoms with Gasteiger partial charge in [0.25, 0.3) is 17.4 Å². The van der Waals surface area contributed by atoms with Crippen LogP contribution in [0.15, 0.2) is 65.5 Å². The molecule has 0 fully saturated rings. The molecule has 2 amide bonds. The zero-order valence-corrected chi connectivity index (χ0v) is 26.5. The Balaban J connectivity index is 1.25. The summed E-state index contributed by atoms with van der Waals surface area (Å²) in [4.78, 5) is 37.3. The third-order valence-electron chi connectivity index (χ3n) is 7.19. The molecule has 1 atom stereocenters. The van der Waals surface area contributed by atoms with Gasteiger partial charge in [0, 0.05) is 24.0 Å². The molecular formula is C32H29F4N5O7S. The van der Waals surface area contributed by atoms with E-state index in [9.17, 15) is 45.5 Å². The number of aliphatic hydroxyl groups is 1. The van der Waals surface area contributed by atoms with Crippen LogP contribution < -0.4 is 16.2 Å². The Morgan fingerprint density at radius 3 is 2.47 bits per heavy atom. The van der Waals surface area contributed by atoms with Gasteiger partial charge in [-0.05, 0) is 48.9 Å². The van der Waals surface area contributed by atoms with Gasteiger partial charge in [-0.25, -0.2) is 17.9 Å². The van der Waals surface area contributed by atoms with E-state index in [1.165, 1.54) is 18.2 Å². The number of nitrogens with one attached hydrogen (secondary N) is 3. The first kappa shape index (κ1) is 36.7. The summed E-state index contributed by atoms with van der Waals surface area (Å²) < 4.78 is 84.5. The van der Waals surface area contributed by atoms with Crippen molar-refractivity contribution in [2.45, 2.75) is 25.1 Å². The molecule has 4 aromatic rings. The molecular weight excluding hydrogens is 674 g/mol. The van der Waals surface area contributed by atoms with E-state index in [1.54, 1.807) is 24.3 Å². The number of nitriles is 1. The van der Waals surface area contributed by atoms with E-state index in [2.05, 4.69) is 15.5 Å². The van der Waals surface area contributed by atoms with Crippen molar-refractivity contribution in [1.82, 2.24) is 15.5 Å². The molecule has 0 bridgehead atoms. The molecule has 258 valence electrons. The van der Waals surface area contributed by atoms with Crippen LogP contribution in [-0.4, -0.2) is 72.4 Å². The average molecular weight is 704 g/mol. The summed E-state index contributed by atoms with van der Waals surface area (Å²) in [7, 11) is -4.14. The molecule has 4 N–H and O–H groups in total. The number of nitrogens with zero attached hydrogens (tertiary/aromatic N) is 2. The Labute approximate surface area is 276 Å². The van der Waals surface area contributed by atoms with Gasteiger partial charge in [-0.1, -0.05) is 24.3 Å². The summed E-state index contributed by atoms with van der Waals surface area (Å²) in [5.41, 5.74) is -4.52. The average Bonchev–Trinajstić information content (AvgIpc) is 3.04. The van der Waals surface area contributed by atoms with Crippen LogP contribution in [-0.2, 0) is 32.0 Å². The minimum Gasteiger partial charge on any atom is -0.379 e. The van der Waals surface area contributed by atoms with Gasteiger partial charge in [-0.15, -0.1) is 0 Å². The minimum atomic E-state index is -4.90. The largest absolute Gasteiger partial charge is 0.417 e. The van der Waals surface area contributed by atoms with Crippen molar-refractivity contribution in [2.75, 3.05) is 36.6 Å². The van der Waals surface area contributed by atoms with E-state index in [4.69, 9.17) is 10.00 Å². The summed E-state index contributed by atoms with van der Waals surface area (Å²) in [6.45, 7) is 0.175. The molecule has 17 heteroatoms. The molecule has 0 aliphatic rings. The molecule has 4 rings (SSSR count). The molecule has 1 aromatic heterocycles. The number of H-pyrrole nitrogens is 1. The number of carbonyl (C=O) groups excluding carboxylic acids is 2. The van der Waals surface area contributed by atoms with Crippen molar-refractivity contribution in [3.8, 4) is 6.07 Å². The van der Waals surface area contributed by atoms with Gasteiger partial charge in [-0.3, -0.25) is 14.4 Å². The van der Waals surface area contributed by atoms with Crippen molar-refractivity contribution in [3.63, 3.8) is 0 Å². The van der Waals surface area contributed by atoms with Gasteiger partial charge in [0.15, 0.2) is 15.4 Å². The maximum absolute atomic E-state index is 14.5. The first-order chi connectivity index (χ1) is 23.0. The topological polar surface area (TPSA) is 191 Å². The number of aromatic amines is 1. The quantitative estimate of drug-likeness (QED) is 0.120. The Bertz CT molecular complexity index is 2090. The fourth-order valence-electron chi connectivity index (χ4n) is 4.76. The second-order valence-electron chi connectivity index (χ2n) is 11.1. The molecule has 0 radical (unpaired) electrons. The zero-order chi connectivity index (χ0) is 36.0.